The van der Waals surface area contributed by atoms with Crippen LogP contribution in [0.4, 0.5) is 19.0 Å². The Morgan fingerprint density at radius 1 is 1.19 bits per heavy atom. The zero-order valence-electron chi connectivity index (χ0n) is 10.6. The molecule has 0 amide bonds. The number of aromatic nitrogens is 4. The summed E-state index contributed by atoms with van der Waals surface area (Å²) < 4.78 is 45.7. The maximum Gasteiger partial charge on any atom is 0.263 e. The van der Waals surface area contributed by atoms with Gasteiger partial charge in [-0.1, -0.05) is 5.16 Å². The number of nitrogens with two attached hydrogens (primary N) is 1. The van der Waals surface area contributed by atoms with Crippen LogP contribution >= 0.6 is 0 Å². The van der Waals surface area contributed by atoms with E-state index in [9.17, 15) is 13.2 Å². The van der Waals surface area contributed by atoms with Crippen LogP contribution in [0.2, 0.25) is 0 Å². The fourth-order valence-electron chi connectivity index (χ4n) is 1.75. The molecule has 3 aromatic rings. The van der Waals surface area contributed by atoms with Crippen molar-refractivity contribution < 1.29 is 17.7 Å². The molecule has 0 atom stereocenters. The van der Waals surface area contributed by atoms with Gasteiger partial charge in [-0.25, -0.2) is 13.2 Å². The highest BCUT2D eigenvalue weighted by Gasteiger charge is 2.18. The number of aryl methyl sites for hydroxylation is 1. The number of rotatable bonds is 2. The molecule has 0 radical (unpaired) electrons. The van der Waals surface area contributed by atoms with Crippen LogP contribution in [0.25, 0.3) is 22.8 Å². The number of benzene rings is 1. The first-order valence-electron chi connectivity index (χ1n) is 5.74. The maximum absolute atomic E-state index is 13.2. The summed E-state index contributed by atoms with van der Waals surface area (Å²) >= 11 is 0. The summed E-state index contributed by atoms with van der Waals surface area (Å²) in [6.45, 7) is 0. The molecule has 9 heteroatoms. The lowest BCUT2D eigenvalue weighted by Crippen LogP contribution is -1.98. The minimum absolute atomic E-state index is 0.0424. The molecular formula is C12H8F3N5O. The summed E-state index contributed by atoms with van der Waals surface area (Å²) in [5, 5.41) is 7.50. The van der Waals surface area contributed by atoms with Gasteiger partial charge in [0.2, 0.25) is 5.82 Å². The number of nitrogen functional groups attached to an aromatic ring is 1. The van der Waals surface area contributed by atoms with Gasteiger partial charge < -0.3 is 10.3 Å². The molecule has 0 bridgehead atoms. The lowest BCUT2D eigenvalue weighted by Gasteiger charge is -1.98. The van der Waals surface area contributed by atoms with Gasteiger partial charge in [0.25, 0.3) is 5.89 Å². The molecule has 21 heavy (non-hydrogen) atoms. The minimum atomic E-state index is -1.56. The summed E-state index contributed by atoms with van der Waals surface area (Å²) in [6.07, 6.45) is 1.42. The quantitative estimate of drug-likeness (QED) is 0.732. The second-order valence-corrected chi connectivity index (χ2v) is 4.24. The van der Waals surface area contributed by atoms with Crippen LogP contribution in [0.3, 0.4) is 0 Å². The summed E-state index contributed by atoms with van der Waals surface area (Å²) in [6, 6.07) is 1.55. The average Bonchev–Trinajstić information content (AvgIpc) is 3.04. The first-order valence-corrected chi connectivity index (χ1v) is 5.74. The first-order chi connectivity index (χ1) is 9.97. The van der Waals surface area contributed by atoms with Gasteiger partial charge in [-0.05, 0) is 12.1 Å². The third-order valence-electron chi connectivity index (χ3n) is 2.88. The van der Waals surface area contributed by atoms with E-state index in [-0.39, 0.29) is 17.3 Å². The van der Waals surface area contributed by atoms with Gasteiger partial charge >= 0.3 is 0 Å². The van der Waals surface area contributed by atoms with Crippen LogP contribution in [0.1, 0.15) is 0 Å². The Balaban J connectivity index is 2.05. The van der Waals surface area contributed by atoms with Crippen molar-refractivity contribution in [1.29, 1.82) is 0 Å². The van der Waals surface area contributed by atoms with Gasteiger partial charge in [0.15, 0.2) is 17.5 Å². The number of halogens is 3. The van der Waals surface area contributed by atoms with Crippen molar-refractivity contribution >= 4 is 5.82 Å². The van der Waals surface area contributed by atoms with Crippen LogP contribution in [-0.2, 0) is 7.05 Å². The Morgan fingerprint density at radius 3 is 2.43 bits per heavy atom. The molecule has 0 spiro atoms. The molecule has 2 aromatic heterocycles. The molecule has 0 saturated carbocycles. The second kappa shape index (κ2) is 4.62. The third kappa shape index (κ3) is 2.12. The van der Waals surface area contributed by atoms with Gasteiger partial charge in [0, 0.05) is 12.6 Å². The molecule has 2 heterocycles. The van der Waals surface area contributed by atoms with E-state index in [0.717, 1.165) is 12.1 Å². The monoisotopic (exact) mass is 295 g/mol. The summed E-state index contributed by atoms with van der Waals surface area (Å²) in [7, 11) is 1.63. The Labute approximate surface area is 116 Å². The first kappa shape index (κ1) is 13.2. The van der Waals surface area contributed by atoms with Crippen LogP contribution in [0.5, 0.6) is 0 Å². The molecule has 0 aliphatic rings. The van der Waals surface area contributed by atoms with Gasteiger partial charge in [-0.15, -0.1) is 0 Å². The number of nitrogens with zero attached hydrogens (tertiary/aromatic N) is 4. The van der Waals surface area contributed by atoms with Gasteiger partial charge in [-0.3, -0.25) is 4.68 Å². The standard InChI is InChI=1S/C12H8F3N5O/c1-20-10(16)6(4-17-20)12-18-11(19-21-12)5-2-7(13)9(15)8(14)3-5/h2-4H,16H2,1H3. The zero-order valence-corrected chi connectivity index (χ0v) is 10.6. The van der Waals surface area contributed by atoms with Crippen molar-refractivity contribution in [2.24, 2.45) is 7.05 Å². The van der Waals surface area contributed by atoms with E-state index >= 15 is 0 Å². The van der Waals surface area contributed by atoms with E-state index < -0.39 is 17.5 Å². The third-order valence-corrected chi connectivity index (χ3v) is 2.88. The molecule has 0 aliphatic carbocycles. The predicted octanol–water partition coefficient (Wildman–Crippen LogP) is 2.14. The van der Waals surface area contributed by atoms with Crippen molar-refractivity contribution in [3.63, 3.8) is 0 Å². The Hall–Kier alpha value is -2.84. The van der Waals surface area contributed by atoms with Gasteiger partial charge in [0.05, 0.1) is 6.20 Å². The lowest BCUT2D eigenvalue weighted by molar-refractivity contribution is 0.431. The van der Waals surface area contributed by atoms with Crippen molar-refractivity contribution in [2.75, 3.05) is 5.73 Å². The molecule has 0 fully saturated rings. The highest BCUT2D eigenvalue weighted by atomic mass is 19.2. The number of anilines is 1. The van der Waals surface area contributed by atoms with E-state index in [0.29, 0.717) is 11.4 Å². The molecule has 3 rings (SSSR count). The fourth-order valence-corrected chi connectivity index (χ4v) is 1.75. The summed E-state index contributed by atoms with van der Waals surface area (Å²) in [5.41, 5.74) is 6.09. The van der Waals surface area contributed by atoms with Crippen LogP contribution in [-0.4, -0.2) is 19.9 Å². The normalized spacial score (nSPS) is 11.0. The van der Waals surface area contributed by atoms with Crippen molar-refractivity contribution in [3.8, 4) is 22.8 Å². The number of hydrogen-bond donors (Lipinski definition) is 1. The van der Waals surface area contributed by atoms with Crippen molar-refractivity contribution in [2.45, 2.75) is 0 Å². The SMILES string of the molecule is Cn1ncc(-c2nc(-c3cc(F)c(F)c(F)c3)no2)c1N. The molecule has 6 nitrogen and oxygen atoms in total. The highest BCUT2D eigenvalue weighted by molar-refractivity contribution is 5.68. The fraction of sp³-hybridized carbons (Fsp3) is 0.0833. The summed E-state index contributed by atoms with van der Waals surface area (Å²) in [5.74, 6) is -3.98. The molecule has 0 unspecified atom stereocenters. The minimum Gasteiger partial charge on any atom is -0.383 e. The Bertz CT molecular complexity index is 803. The van der Waals surface area contributed by atoms with Crippen LogP contribution in [0.15, 0.2) is 22.9 Å². The average molecular weight is 295 g/mol. The largest absolute Gasteiger partial charge is 0.383 e. The van der Waals surface area contributed by atoms with Crippen molar-refractivity contribution in [1.82, 2.24) is 19.9 Å². The van der Waals surface area contributed by atoms with E-state index in [2.05, 4.69) is 15.2 Å². The van der Waals surface area contributed by atoms with Crippen LogP contribution in [0, 0.1) is 17.5 Å². The predicted molar refractivity (Wildman–Crippen MR) is 66.2 cm³/mol. The molecule has 0 aliphatic heterocycles. The highest BCUT2D eigenvalue weighted by Crippen LogP contribution is 2.27. The Morgan fingerprint density at radius 2 is 1.86 bits per heavy atom. The number of hydrogen-bond acceptors (Lipinski definition) is 5. The molecular weight excluding hydrogens is 287 g/mol. The topological polar surface area (TPSA) is 82.8 Å². The zero-order chi connectivity index (χ0) is 15.1. The molecule has 2 N–H and O–H groups in total. The molecule has 108 valence electrons. The van der Waals surface area contributed by atoms with Crippen molar-refractivity contribution in [3.05, 3.63) is 35.8 Å². The molecule has 1 aromatic carbocycles. The van der Waals surface area contributed by atoms with Gasteiger partial charge in [-0.2, -0.15) is 10.1 Å². The second-order valence-electron chi connectivity index (χ2n) is 4.24. The molecule has 0 saturated heterocycles. The maximum atomic E-state index is 13.2. The van der Waals surface area contributed by atoms with E-state index in [1.54, 1.807) is 7.05 Å². The Kier molecular flexibility index (Phi) is 2.89. The smallest absolute Gasteiger partial charge is 0.263 e. The summed E-state index contributed by atoms with van der Waals surface area (Å²) in [4.78, 5) is 3.97. The lowest BCUT2D eigenvalue weighted by atomic mass is 10.2. The van der Waals surface area contributed by atoms with E-state index in [1.165, 1.54) is 10.9 Å². The van der Waals surface area contributed by atoms with Crippen LogP contribution < -0.4 is 5.73 Å². The van der Waals surface area contributed by atoms with E-state index in [4.69, 9.17) is 10.3 Å². The van der Waals surface area contributed by atoms with E-state index in [1.807, 2.05) is 0 Å². The van der Waals surface area contributed by atoms with Gasteiger partial charge in [0.1, 0.15) is 11.4 Å².